The fourth-order valence-corrected chi connectivity index (χ4v) is 2.79. The number of aryl methyl sites for hydroxylation is 1. The number of amides is 1. The Labute approximate surface area is 164 Å². The molecule has 0 aliphatic heterocycles. The van der Waals surface area contributed by atoms with Gasteiger partial charge in [0.05, 0.1) is 32.5 Å². The molecular formula is C22H23N3O3. The number of carbonyl (C=O) groups excluding carboxylic acids is 1. The summed E-state index contributed by atoms with van der Waals surface area (Å²) in [6, 6.07) is 17.0. The van der Waals surface area contributed by atoms with E-state index in [1.54, 1.807) is 26.5 Å². The summed E-state index contributed by atoms with van der Waals surface area (Å²) in [6.45, 7) is 2.00. The molecule has 0 radical (unpaired) electrons. The van der Waals surface area contributed by atoms with E-state index in [4.69, 9.17) is 9.47 Å². The van der Waals surface area contributed by atoms with Gasteiger partial charge in [-0.15, -0.1) is 0 Å². The normalized spacial score (nSPS) is 10.2. The van der Waals surface area contributed by atoms with Crippen molar-refractivity contribution in [1.82, 2.24) is 4.98 Å². The largest absolute Gasteiger partial charge is 0.493 e. The fourth-order valence-electron chi connectivity index (χ4n) is 2.79. The first-order valence-corrected chi connectivity index (χ1v) is 8.88. The van der Waals surface area contributed by atoms with Crippen molar-refractivity contribution in [3.05, 3.63) is 71.9 Å². The van der Waals surface area contributed by atoms with Crippen LogP contribution in [0.2, 0.25) is 0 Å². The molecule has 0 aliphatic carbocycles. The van der Waals surface area contributed by atoms with E-state index < -0.39 is 0 Å². The number of carbonyl (C=O) groups is 1. The summed E-state index contributed by atoms with van der Waals surface area (Å²) in [5, 5.41) is 6.07. The van der Waals surface area contributed by atoms with Gasteiger partial charge in [0.25, 0.3) is 0 Å². The Morgan fingerprint density at radius 3 is 2.39 bits per heavy atom. The number of benzene rings is 2. The van der Waals surface area contributed by atoms with E-state index in [0.717, 1.165) is 22.5 Å². The fraction of sp³-hybridized carbons (Fsp3) is 0.182. The molecule has 28 heavy (non-hydrogen) atoms. The standard InChI is InChI=1S/C22H23N3O3/c1-15-6-4-5-7-16(15)12-22(26)25-21-11-9-18(14-23-21)24-17-8-10-19(27-2)20(13-17)28-3/h4-11,13-14,24H,12H2,1-3H3,(H,23,25,26). The Morgan fingerprint density at radius 2 is 1.71 bits per heavy atom. The van der Waals surface area contributed by atoms with E-state index in [-0.39, 0.29) is 5.91 Å². The van der Waals surface area contributed by atoms with E-state index in [9.17, 15) is 4.79 Å². The van der Waals surface area contributed by atoms with Crippen molar-refractivity contribution in [3.8, 4) is 11.5 Å². The van der Waals surface area contributed by atoms with Gasteiger partial charge in [-0.1, -0.05) is 24.3 Å². The monoisotopic (exact) mass is 377 g/mol. The second kappa shape index (κ2) is 8.90. The van der Waals surface area contributed by atoms with Crippen LogP contribution < -0.4 is 20.1 Å². The van der Waals surface area contributed by atoms with Gasteiger partial charge in [0.15, 0.2) is 11.5 Å². The molecule has 0 aliphatic rings. The van der Waals surface area contributed by atoms with Gasteiger partial charge in [-0.3, -0.25) is 4.79 Å². The van der Waals surface area contributed by atoms with Crippen LogP contribution in [-0.4, -0.2) is 25.1 Å². The molecule has 6 nitrogen and oxygen atoms in total. The first kappa shape index (κ1) is 19.2. The predicted octanol–water partition coefficient (Wildman–Crippen LogP) is 4.33. The van der Waals surface area contributed by atoms with E-state index in [1.807, 2.05) is 55.5 Å². The average Bonchev–Trinajstić information content (AvgIpc) is 2.71. The lowest BCUT2D eigenvalue weighted by Gasteiger charge is -2.12. The van der Waals surface area contributed by atoms with Gasteiger partial charge >= 0.3 is 0 Å². The molecule has 1 aromatic heterocycles. The highest BCUT2D eigenvalue weighted by Crippen LogP contribution is 2.31. The molecule has 0 bridgehead atoms. The van der Waals surface area contributed by atoms with Crippen molar-refractivity contribution in [1.29, 1.82) is 0 Å². The van der Waals surface area contributed by atoms with Gasteiger partial charge in [-0.2, -0.15) is 0 Å². The van der Waals surface area contributed by atoms with Crippen molar-refractivity contribution in [2.45, 2.75) is 13.3 Å². The molecule has 0 saturated carbocycles. The lowest BCUT2D eigenvalue weighted by molar-refractivity contribution is -0.115. The number of pyridine rings is 1. The smallest absolute Gasteiger partial charge is 0.229 e. The maximum absolute atomic E-state index is 12.2. The lowest BCUT2D eigenvalue weighted by atomic mass is 10.1. The van der Waals surface area contributed by atoms with Gasteiger partial charge in [-0.05, 0) is 42.3 Å². The lowest BCUT2D eigenvalue weighted by Crippen LogP contribution is -2.15. The maximum Gasteiger partial charge on any atom is 0.229 e. The molecule has 1 heterocycles. The van der Waals surface area contributed by atoms with Crippen LogP contribution in [0, 0.1) is 6.92 Å². The van der Waals surface area contributed by atoms with Crippen molar-refractivity contribution >= 4 is 23.1 Å². The van der Waals surface area contributed by atoms with Crippen molar-refractivity contribution in [2.24, 2.45) is 0 Å². The Kier molecular flexibility index (Phi) is 6.11. The summed E-state index contributed by atoms with van der Waals surface area (Å²) in [7, 11) is 3.19. The van der Waals surface area contributed by atoms with Gasteiger partial charge in [0.1, 0.15) is 5.82 Å². The number of methoxy groups -OCH3 is 2. The minimum Gasteiger partial charge on any atom is -0.493 e. The van der Waals surface area contributed by atoms with Crippen LogP contribution in [0.3, 0.4) is 0 Å². The molecule has 2 N–H and O–H groups in total. The van der Waals surface area contributed by atoms with Crippen molar-refractivity contribution in [3.63, 3.8) is 0 Å². The number of anilines is 3. The SMILES string of the molecule is COc1ccc(Nc2ccc(NC(=O)Cc3ccccc3C)nc2)cc1OC. The highest BCUT2D eigenvalue weighted by Gasteiger charge is 2.08. The summed E-state index contributed by atoms with van der Waals surface area (Å²) in [6.07, 6.45) is 1.99. The molecule has 6 heteroatoms. The molecule has 0 atom stereocenters. The van der Waals surface area contributed by atoms with Crippen molar-refractivity contribution in [2.75, 3.05) is 24.9 Å². The van der Waals surface area contributed by atoms with Crippen LogP contribution in [0.5, 0.6) is 11.5 Å². The van der Waals surface area contributed by atoms with Gasteiger partial charge in [-0.25, -0.2) is 4.98 Å². The summed E-state index contributed by atoms with van der Waals surface area (Å²) in [4.78, 5) is 16.6. The molecule has 0 saturated heterocycles. The number of hydrogen-bond donors (Lipinski definition) is 2. The van der Waals surface area contributed by atoms with Crippen LogP contribution in [0.1, 0.15) is 11.1 Å². The van der Waals surface area contributed by atoms with E-state index in [1.165, 1.54) is 0 Å². The van der Waals surface area contributed by atoms with E-state index in [2.05, 4.69) is 15.6 Å². The third kappa shape index (κ3) is 4.79. The zero-order chi connectivity index (χ0) is 19.9. The first-order chi connectivity index (χ1) is 13.6. The molecule has 0 fully saturated rings. The highest BCUT2D eigenvalue weighted by molar-refractivity contribution is 5.91. The van der Waals surface area contributed by atoms with Crippen LogP contribution in [0.25, 0.3) is 0 Å². The molecule has 1 amide bonds. The topological polar surface area (TPSA) is 72.5 Å². The second-order valence-corrected chi connectivity index (χ2v) is 6.28. The summed E-state index contributed by atoms with van der Waals surface area (Å²) >= 11 is 0. The minimum absolute atomic E-state index is 0.0950. The van der Waals surface area contributed by atoms with Gasteiger partial charge in [0.2, 0.25) is 5.91 Å². The first-order valence-electron chi connectivity index (χ1n) is 8.88. The van der Waals surface area contributed by atoms with E-state index >= 15 is 0 Å². The number of rotatable bonds is 7. The van der Waals surface area contributed by atoms with E-state index in [0.29, 0.717) is 23.7 Å². The van der Waals surface area contributed by atoms with Crippen LogP contribution in [0.15, 0.2) is 60.8 Å². The number of hydrogen-bond acceptors (Lipinski definition) is 5. The Balaban J connectivity index is 1.62. The molecule has 3 rings (SSSR count). The van der Waals surface area contributed by atoms with Crippen LogP contribution in [0.4, 0.5) is 17.2 Å². The molecule has 144 valence electrons. The Bertz CT molecular complexity index is 955. The van der Waals surface area contributed by atoms with Crippen LogP contribution >= 0.6 is 0 Å². The predicted molar refractivity (Wildman–Crippen MR) is 111 cm³/mol. The third-order valence-electron chi connectivity index (χ3n) is 4.32. The Hall–Kier alpha value is -3.54. The zero-order valence-corrected chi connectivity index (χ0v) is 16.2. The number of nitrogens with zero attached hydrogens (tertiary/aromatic N) is 1. The maximum atomic E-state index is 12.2. The summed E-state index contributed by atoms with van der Waals surface area (Å²) < 4.78 is 10.5. The van der Waals surface area contributed by atoms with Gasteiger partial charge < -0.3 is 20.1 Å². The molecule has 3 aromatic rings. The quantitative estimate of drug-likeness (QED) is 0.641. The second-order valence-electron chi connectivity index (χ2n) is 6.28. The molecule has 0 unspecified atom stereocenters. The number of aromatic nitrogens is 1. The number of ether oxygens (including phenoxy) is 2. The molecule has 0 spiro atoms. The third-order valence-corrected chi connectivity index (χ3v) is 4.32. The van der Waals surface area contributed by atoms with Crippen molar-refractivity contribution < 1.29 is 14.3 Å². The summed E-state index contributed by atoms with van der Waals surface area (Å²) in [5.41, 5.74) is 3.74. The summed E-state index contributed by atoms with van der Waals surface area (Å²) in [5.74, 6) is 1.72. The minimum atomic E-state index is -0.0950. The van der Waals surface area contributed by atoms with Crippen LogP contribution in [-0.2, 0) is 11.2 Å². The molecule has 2 aromatic carbocycles. The highest BCUT2D eigenvalue weighted by atomic mass is 16.5. The van der Waals surface area contributed by atoms with Gasteiger partial charge in [0, 0.05) is 11.8 Å². The average molecular weight is 377 g/mol. The number of nitrogens with one attached hydrogen (secondary N) is 2. The molecular weight excluding hydrogens is 354 g/mol. The Morgan fingerprint density at radius 1 is 0.964 bits per heavy atom. The zero-order valence-electron chi connectivity index (χ0n) is 16.2.